The van der Waals surface area contributed by atoms with Crippen molar-refractivity contribution in [2.45, 2.75) is 13.0 Å². The van der Waals surface area contributed by atoms with Gasteiger partial charge >= 0.3 is 0 Å². The molecule has 0 aliphatic carbocycles. The first kappa shape index (κ1) is 21.4. The quantitative estimate of drug-likeness (QED) is 0.581. The molecule has 1 aliphatic heterocycles. The molecule has 27 heavy (non-hydrogen) atoms. The van der Waals surface area contributed by atoms with Crippen LogP contribution in [0, 0.1) is 6.92 Å². The number of ether oxygens (including phenoxy) is 2. The summed E-state index contributed by atoms with van der Waals surface area (Å²) in [5, 5.41) is 10.3. The number of benzene rings is 2. The molecule has 0 bridgehead atoms. The molecule has 2 aromatic carbocycles. The summed E-state index contributed by atoms with van der Waals surface area (Å²) < 4.78 is 10.8. The standard InChI is InChI=1S/C21H28N2O3.ClH/c1-17-5-3-4-6-21(17)23-13-11-22(12-14-23)15-18(24)16-26-20-9-7-19(25-2)8-10-20;/h3-10,18,24H,11-16H2,1-2H3;1H. The molecule has 148 valence electrons. The number of halogens is 1. The van der Waals surface area contributed by atoms with Crippen molar-refractivity contribution in [1.29, 1.82) is 0 Å². The lowest BCUT2D eigenvalue weighted by Crippen LogP contribution is -3.16. The van der Waals surface area contributed by atoms with E-state index < -0.39 is 6.10 Å². The van der Waals surface area contributed by atoms with Crippen LogP contribution in [-0.2, 0) is 0 Å². The Morgan fingerprint density at radius 3 is 2.30 bits per heavy atom. The van der Waals surface area contributed by atoms with E-state index in [0.717, 1.165) is 44.2 Å². The third kappa shape index (κ3) is 6.03. The van der Waals surface area contributed by atoms with Gasteiger partial charge in [-0.1, -0.05) is 18.2 Å². The highest BCUT2D eigenvalue weighted by Gasteiger charge is 2.23. The molecule has 5 nitrogen and oxygen atoms in total. The number of para-hydroxylation sites is 1. The number of aryl methyl sites for hydroxylation is 1. The van der Waals surface area contributed by atoms with E-state index in [1.165, 1.54) is 16.2 Å². The maximum atomic E-state index is 10.3. The van der Waals surface area contributed by atoms with Gasteiger partial charge in [-0.3, -0.25) is 0 Å². The summed E-state index contributed by atoms with van der Waals surface area (Å²) in [7, 11) is 1.64. The van der Waals surface area contributed by atoms with Crippen molar-refractivity contribution in [3.63, 3.8) is 0 Å². The average molecular weight is 393 g/mol. The molecule has 1 fully saturated rings. The van der Waals surface area contributed by atoms with Gasteiger partial charge in [-0.15, -0.1) is 0 Å². The summed E-state index contributed by atoms with van der Waals surface area (Å²) in [6, 6.07) is 16.0. The molecule has 1 atom stereocenters. The fourth-order valence-electron chi connectivity index (χ4n) is 3.44. The molecule has 0 amide bonds. The zero-order valence-corrected chi connectivity index (χ0v) is 16.8. The number of aliphatic hydroxyl groups is 1. The Bertz CT molecular complexity index is 688. The zero-order chi connectivity index (χ0) is 18.4. The number of hydrogen-bond acceptors (Lipinski definition) is 4. The summed E-state index contributed by atoms with van der Waals surface area (Å²) in [6.45, 7) is 7.31. The molecular formula is C21H29ClN2O3. The lowest BCUT2D eigenvalue weighted by Gasteiger charge is -2.35. The summed E-state index contributed by atoms with van der Waals surface area (Å²) >= 11 is 0. The molecule has 2 aromatic rings. The second kappa shape index (κ2) is 10.4. The minimum atomic E-state index is -0.461. The molecule has 0 aromatic heterocycles. The minimum Gasteiger partial charge on any atom is -1.00 e. The van der Waals surface area contributed by atoms with Crippen molar-refractivity contribution in [3.8, 4) is 11.5 Å². The second-order valence-corrected chi connectivity index (χ2v) is 6.87. The Labute approximate surface area is 167 Å². The van der Waals surface area contributed by atoms with Crippen LogP contribution in [0.3, 0.4) is 0 Å². The molecule has 1 aliphatic rings. The highest BCUT2D eigenvalue weighted by molar-refractivity contribution is 5.53. The van der Waals surface area contributed by atoms with E-state index in [0.29, 0.717) is 6.61 Å². The van der Waals surface area contributed by atoms with Gasteiger partial charge in [0.15, 0.2) is 0 Å². The summed E-state index contributed by atoms with van der Waals surface area (Å²) in [5.74, 6) is 1.55. The number of nitrogens with zero attached hydrogens (tertiary/aromatic N) is 1. The number of rotatable bonds is 7. The largest absolute Gasteiger partial charge is 1.00 e. The van der Waals surface area contributed by atoms with Crippen LogP contribution in [0.2, 0.25) is 0 Å². The van der Waals surface area contributed by atoms with Crippen molar-refractivity contribution < 1.29 is 31.9 Å². The van der Waals surface area contributed by atoms with Crippen molar-refractivity contribution >= 4 is 5.69 Å². The average Bonchev–Trinajstić information content (AvgIpc) is 2.68. The second-order valence-electron chi connectivity index (χ2n) is 6.87. The van der Waals surface area contributed by atoms with Gasteiger partial charge in [0.1, 0.15) is 30.8 Å². The van der Waals surface area contributed by atoms with Gasteiger partial charge in [0, 0.05) is 5.69 Å². The van der Waals surface area contributed by atoms with Gasteiger partial charge in [-0.25, -0.2) is 0 Å². The molecule has 1 heterocycles. The van der Waals surface area contributed by atoms with Gasteiger partial charge < -0.3 is 36.8 Å². The van der Waals surface area contributed by atoms with Crippen molar-refractivity contribution in [1.82, 2.24) is 0 Å². The van der Waals surface area contributed by atoms with Gasteiger partial charge in [0.05, 0.1) is 33.3 Å². The van der Waals surface area contributed by atoms with E-state index in [-0.39, 0.29) is 12.4 Å². The maximum Gasteiger partial charge on any atom is 0.137 e. The van der Waals surface area contributed by atoms with Crippen LogP contribution in [0.25, 0.3) is 0 Å². The topological polar surface area (TPSA) is 46.4 Å². The van der Waals surface area contributed by atoms with Crippen LogP contribution >= 0.6 is 0 Å². The Kier molecular flexibility index (Phi) is 8.23. The molecule has 0 spiro atoms. The van der Waals surface area contributed by atoms with Crippen LogP contribution in [0.1, 0.15) is 5.56 Å². The van der Waals surface area contributed by atoms with Crippen LogP contribution in [0.4, 0.5) is 5.69 Å². The molecule has 6 heteroatoms. The highest BCUT2D eigenvalue weighted by Crippen LogP contribution is 2.19. The van der Waals surface area contributed by atoms with E-state index in [1.807, 2.05) is 24.3 Å². The van der Waals surface area contributed by atoms with Crippen LogP contribution in [0.15, 0.2) is 48.5 Å². The third-order valence-electron chi connectivity index (χ3n) is 4.95. The Morgan fingerprint density at radius 2 is 1.67 bits per heavy atom. The fourth-order valence-corrected chi connectivity index (χ4v) is 3.44. The molecule has 3 rings (SSSR count). The van der Waals surface area contributed by atoms with Gasteiger partial charge in [0.2, 0.25) is 0 Å². The zero-order valence-electron chi connectivity index (χ0n) is 16.0. The van der Waals surface area contributed by atoms with Gasteiger partial charge in [0.25, 0.3) is 0 Å². The van der Waals surface area contributed by atoms with E-state index in [1.54, 1.807) is 7.11 Å². The normalized spacial score (nSPS) is 15.7. The first-order valence-corrected chi connectivity index (χ1v) is 9.25. The monoisotopic (exact) mass is 392 g/mol. The number of anilines is 1. The lowest BCUT2D eigenvalue weighted by atomic mass is 10.1. The highest BCUT2D eigenvalue weighted by atomic mass is 35.5. The molecule has 1 unspecified atom stereocenters. The van der Waals surface area contributed by atoms with Crippen molar-refractivity contribution in [3.05, 3.63) is 54.1 Å². The Balaban J connectivity index is 0.00000261. The van der Waals surface area contributed by atoms with Crippen molar-refractivity contribution in [2.24, 2.45) is 0 Å². The first-order chi connectivity index (χ1) is 12.7. The number of hydrogen-bond donors (Lipinski definition) is 2. The van der Waals surface area contributed by atoms with Crippen LogP contribution < -0.4 is 31.7 Å². The molecule has 0 radical (unpaired) electrons. The molecule has 2 N–H and O–H groups in total. The Hall–Kier alpha value is -1.95. The molecule has 0 saturated carbocycles. The van der Waals surface area contributed by atoms with E-state index in [9.17, 15) is 5.11 Å². The smallest absolute Gasteiger partial charge is 0.137 e. The molecular weight excluding hydrogens is 364 g/mol. The number of methoxy groups -OCH3 is 1. The van der Waals surface area contributed by atoms with Gasteiger partial charge in [-0.05, 0) is 42.8 Å². The number of quaternary nitrogens is 1. The summed E-state index contributed by atoms with van der Waals surface area (Å²) in [4.78, 5) is 3.87. The Morgan fingerprint density at radius 1 is 1.04 bits per heavy atom. The van der Waals surface area contributed by atoms with E-state index in [2.05, 4.69) is 36.1 Å². The summed E-state index contributed by atoms with van der Waals surface area (Å²) in [5.41, 5.74) is 2.65. The third-order valence-corrected chi connectivity index (χ3v) is 4.95. The SMILES string of the molecule is COc1ccc(OCC(O)C[NH+]2CCN(c3ccccc3C)CC2)cc1.[Cl-]. The molecule has 1 saturated heterocycles. The number of piperazine rings is 1. The fraction of sp³-hybridized carbons (Fsp3) is 0.429. The number of aliphatic hydroxyl groups excluding tert-OH is 1. The first-order valence-electron chi connectivity index (χ1n) is 9.25. The predicted molar refractivity (Wildman–Crippen MR) is 103 cm³/mol. The predicted octanol–water partition coefficient (Wildman–Crippen LogP) is -1.85. The maximum absolute atomic E-state index is 10.3. The van der Waals surface area contributed by atoms with Crippen molar-refractivity contribution in [2.75, 3.05) is 51.3 Å². The van der Waals surface area contributed by atoms with Crippen LogP contribution in [0.5, 0.6) is 11.5 Å². The van der Waals surface area contributed by atoms with E-state index in [4.69, 9.17) is 9.47 Å². The van der Waals surface area contributed by atoms with Crippen LogP contribution in [-0.4, -0.2) is 57.7 Å². The van der Waals surface area contributed by atoms with E-state index >= 15 is 0 Å². The minimum absolute atomic E-state index is 0. The lowest BCUT2D eigenvalue weighted by molar-refractivity contribution is -0.903. The number of nitrogens with one attached hydrogen (secondary N) is 1. The summed E-state index contributed by atoms with van der Waals surface area (Å²) in [6.07, 6.45) is -0.461. The van der Waals surface area contributed by atoms with Gasteiger partial charge in [-0.2, -0.15) is 0 Å².